The smallest absolute Gasteiger partial charge is 0.0948 e. The maximum atomic E-state index is 4.37. The summed E-state index contributed by atoms with van der Waals surface area (Å²) in [5, 5.41) is 3.60. The number of hydrogen-bond donors (Lipinski definition) is 1. The third kappa shape index (κ3) is 3.37. The van der Waals surface area contributed by atoms with Crippen molar-refractivity contribution in [3.8, 4) is 0 Å². The summed E-state index contributed by atoms with van der Waals surface area (Å²) in [6.07, 6.45) is 6.48. The molecule has 4 nitrogen and oxygen atoms in total. The number of aromatic nitrogens is 2. The van der Waals surface area contributed by atoms with Gasteiger partial charge in [-0.05, 0) is 32.4 Å². The Labute approximate surface area is 117 Å². The molecule has 0 bridgehead atoms. The quantitative estimate of drug-likeness (QED) is 0.856. The number of rotatable bonds is 6. The van der Waals surface area contributed by atoms with Gasteiger partial charge in [0.2, 0.25) is 0 Å². The van der Waals surface area contributed by atoms with Crippen LogP contribution in [0.5, 0.6) is 0 Å². The molecule has 2 unspecified atom stereocenters. The highest BCUT2D eigenvalue weighted by atomic mass is 15.2. The monoisotopic (exact) mass is 264 g/mol. The van der Waals surface area contributed by atoms with Gasteiger partial charge in [0.1, 0.15) is 0 Å². The van der Waals surface area contributed by atoms with Crippen LogP contribution in [-0.4, -0.2) is 40.6 Å². The van der Waals surface area contributed by atoms with Crippen molar-refractivity contribution in [1.82, 2.24) is 19.8 Å². The highest BCUT2D eigenvalue weighted by molar-refractivity contribution is 5.10. The molecule has 1 aliphatic heterocycles. The first-order valence-electron chi connectivity index (χ1n) is 7.57. The van der Waals surface area contributed by atoms with E-state index < -0.39 is 0 Å². The van der Waals surface area contributed by atoms with Gasteiger partial charge in [0, 0.05) is 25.3 Å². The molecular formula is C15H28N4. The zero-order valence-corrected chi connectivity index (χ0v) is 12.8. The zero-order valence-electron chi connectivity index (χ0n) is 12.8. The van der Waals surface area contributed by atoms with Crippen molar-refractivity contribution in [3.05, 3.63) is 18.2 Å². The summed E-state index contributed by atoms with van der Waals surface area (Å²) in [4.78, 5) is 6.85. The largest absolute Gasteiger partial charge is 0.333 e. The minimum absolute atomic E-state index is 0.514. The van der Waals surface area contributed by atoms with E-state index in [0.29, 0.717) is 18.0 Å². The third-order valence-corrected chi connectivity index (χ3v) is 4.07. The summed E-state index contributed by atoms with van der Waals surface area (Å²) in [7, 11) is 2.24. The van der Waals surface area contributed by atoms with Gasteiger partial charge in [0.15, 0.2) is 0 Å². The van der Waals surface area contributed by atoms with Crippen LogP contribution in [0.15, 0.2) is 12.5 Å². The molecule has 19 heavy (non-hydrogen) atoms. The van der Waals surface area contributed by atoms with Crippen LogP contribution in [0.4, 0.5) is 0 Å². The van der Waals surface area contributed by atoms with Gasteiger partial charge < -0.3 is 9.88 Å². The number of imidazole rings is 1. The molecule has 0 aromatic carbocycles. The van der Waals surface area contributed by atoms with Crippen molar-refractivity contribution < 1.29 is 0 Å². The molecule has 2 atom stereocenters. The van der Waals surface area contributed by atoms with Crippen LogP contribution >= 0.6 is 0 Å². The normalized spacial score (nSPS) is 24.5. The predicted octanol–water partition coefficient (Wildman–Crippen LogP) is 2.28. The maximum absolute atomic E-state index is 4.37. The van der Waals surface area contributed by atoms with Crippen LogP contribution < -0.4 is 5.32 Å². The lowest BCUT2D eigenvalue weighted by atomic mass is 9.97. The molecule has 0 amide bonds. The van der Waals surface area contributed by atoms with Crippen LogP contribution in [-0.2, 0) is 6.54 Å². The van der Waals surface area contributed by atoms with E-state index in [1.165, 1.54) is 18.7 Å². The fourth-order valence-corrected chi connectivity index (χ4v) is 3.10. The number of likely N-dealkylation sites (tertiary alicyclic amines) is 1. The van der Waals surface area contributed by atoms with E-state index in [4.69, 9.17) is 0 Å². The second kappa shape index (κ2) is 6.53. The van der Waals surface area contributed by atoms with Crippen LogP contribution in [0.1, 0.15) is 45.3 Å². The van der Waals surface area contributed by atoms with E-state index in [0.717, 1.165) is 19.5 Å². The molecule has 108 valence electrons. The molecule has 4 heteroatoms. The summed E-state index contributed by atoms with van der Waals surface area (Å²) in [5.41, 5.74) is 1.39. The van der Waals surface area contributed by atoms with Crippen LogP contribution in [0.3, 0.4) is 0 Å². The van der Waals surface area contributed by atoms with Crippen LogP contribution in [0, 0.1) is 5.92 Å². The Hall–Kier alpha value is -0.870. The molecule has 2 heterocycles. The molecule has 2 rings (SSSR count). The topological polar surface area (TPSA) is 33.1 Å². The zero-order chi connectivity index (χ0) is 13.8. The van der Waals surface area contributed by atoms with E-state index in [2.05, 4.69) is 53.8 Å². The average molecular weight is 264 g/mol. The first kappa shape index (κ1) is 14.5. The van der Waals surface area contributed by atoms with Gasteiger partial charge in [-0.15, -0.1) is 0 Å². The molecular weight excluding hydrogens is 236 g/mol. The Morgan fingerprint density at radius 2 is 2.26 bits per heavy atom. The van der Waals surface area contributed by atoms with Crippen molar-refractivity contribution in [1.29, 1.82) is 0 Å². The predicted molar refractivity (Wildman–Crippen MR) is 79.1 cm³/mol. The molecule has 0 spiro atoms. The molecule has 1 fully saturated rings. The van der Waals surface area contributed by atoms with Gasteiger partial charge in [-0.3, -0.25) is 4.90 Å². The summed E-state index contributed by atoms with van der Waals surface area (Å²) in [6, 6.07) is 1.08. The van der Waals surface area contributed by atoms with Gasteiger partial charge in [0.25, 0.3) is 0 Å². The Morgan fingerprint density at radius 3 is 2.95 bits per heavy atom. The summed E-state index contributed by atoms with van der Waals surface area (Å²) < 4.78 is 2.33. The van der Waals surface area contributed by atoms with Gasteiger partial charge in [-0.1, -0.05) is 20.8 Å². The minimum Gasteiger partial charge on any atom is -0.333 e. The standard InChI is InChI=1S/C15H28N4/c1-5-7-19-11-16-10-14(19)15-13(6-8-18(15)4)9-17-12(2)3/h10-13,15,17H,5-9H2,1-4H3. The number of aryl methyl sites for hydroxylation is 1. The first-order valence-corrected chi connectivity index (χ1v) is 7.57. The summed E-state index contributed by atoms with van der Waals surface area (Å²) in [5.74, 6) is 0.694. The molecule has 1 aromatic rings. The van der Waals surface area contributed by atoms with Gasteiger partial charge in [-0.2, -0.15) is 0 Å². The summed E-state index contributed by atoms with van der Waals surface area (Å²) >= 11 is 0. The van der Waals surface area contributed by atoms with E-state index >= 15 is 0 Å². The Balaban J connectivity index is 2.11. The molecule has 0 saturated carbocycles. The minimum atomic E-state index is 0.514. The molecule has 0 radical (unpaired) electrons. The third-order valence-electron chi connectivity index (χ3n) is 4.07. The van der Waals surface area contributed by atoms with Gasteiger partial charge in [0.05, 0.1) is 18.1 Å². The highest BCUT2D eigenvalue weighted by Crippen LogP contribution is 2.35. The fourth-order valence-electron chi connectivity index (χ4n) is 3.10. The fraction of sp³-hybridized carbons (Fsp3) is 0.800. The lowest BCUT2D eigenvalue weighted by Crippen LogP contribution is -2.33. The van der Waals surface area contributed by atoms with Crippen molar-refractivity contribution >= 4 is 0 Å². The van der Waals surface area contributed by atoms with E-state index in [1.54, 1.807) is 0 Å². The molecule has 0 aliphatic carbocycles. The lowest BCUT2D eigenvalue weighted by molar-refractivity contribution is 0.257. The Kier molecular flexibility index (Phi) is 4.99. The van der Waals surface area contributed by atoms with E-state index in [9.17, 15) is 0 Å². The molecule has 1 N–H and O–H groups in total. The molecule has 1 aliphatic rings. The van der Waals surface area contributed by atoms with Crippen molar-refractivity contribution in [2.24, 2.45) is 5.92 Å². The van der Waals surface area contributed by atoms with Crippen molar-refractivity contribution in [2.45, 2.75) is 52.2 Å². The molecule has 1 aromatic heterocycles. The number of nitrogens with zero attached hydrogens (tertiary/aromatic N) is 3. The number of nitrogens with one attached hydrogen (secondary N) is 1. The van der Waals surface area contributed by atoms with E-state index in [-0.39, 0.29) is 0 Å². The molecule has 1 saturated heterocycles. The summed E-state index contributed by atoms with van der Waals surface area (Å²) in [6.45, 7) is 10.0. The highest BCUT2D eigenvalue weighted by Gasteiger charge is 2.34. The van der Waals surface area contributed by atoms with Gasteiger partial charge in [-0.25, -0.2) is 4.98 Å². The maximum Gasteiger partial charge on any atom is 0.0948 e. The second-order valence-electron chi connectivity index (χ2n) is 6.05. The van der Waals surface area contributed by atoms with Crippen LogP contribution in [0.25, 0.3) is 0 Å². The van der Waals surface area contributed by atoms with Crippen LogP contribution in [0.2, 0.25) is 0 Å². The Bertz CT molecular complexity index is 385. The van der Waals surface area contributed by atoms with E-state index in [1.807, 2.05) is 6.33 Å². The second-order valence-corrected chi connectivity index (χ2v) is 6.05. The van der Waals surface area contributed by atoms with Crippen molar-refractivity contribution in [3.63, 3.8) is 0 Å². The SMILES string of the molecule is CCCn1cncc1C1C(CNC(C)C)CCN1C. The lowest BCUT2D eigenvalue weighted by Gasteiger charge is -2.27. The van der Waals surface area contributed by atoms with Crippen molar-refractivity contribution in [2.75, 3.05) is 20.1 Å². The van der Waals surface area contributed by atoms with Gasteiger partial charge >= 0.3 is 0 Å². The first-order chi connectivity index (χ1) is 9.13. The average Bonchev–Trinajstić information content (AvgIpc) is 2.94. The Morgan fingerprint density at radius 1 is 1.47 bits per heavy atom. The number of hydrogen-bond acceptors (Lipinski definition) is 3.